The van der Waals surface area contributed by atoms with Crippen LogP contribution in [-0.4, -0.2) is 20.3 Å². The summed E-state index contributed by atoms with van der Waals surface area (Å²) < 4.78 is 11.1. The summed E-state index contributed by atoms with van der Waals surface area (Å²) in [7, 11) is 1.62. The Balaban J connectivity index is 2.50. The summed E-state index contributed by atoms with van der Waals surface area (Å²) in [6, 6.07) is 3.86. The van der Waals surface area contributed by atoms with Gasteiger partial charge in [0, 0.05) is 23.6 Å². The fourth-order valence-electron chi connectivity index (χ4n) is 3.02. The van der Waals surface area contributed by atoms with E-state index >= 15 is 0 Å². The molecule has 1 aliphatic rings. The van der Waals surface area contributed by atoms with E-state index in [4.69, 9.17) is 26.8 Å². The number of hydrogen-bond acceptors (Lipinski definition) is 3. The SMILES string of the molecule is CCOc1cc(OC)c(Cl)cc1C1(CN)CCCC1. The first-order valence-electron chi connectivity index (χ1n) is 6.87. The lowest BCUT2D eigenvalue weighted by molar-refractivity contribution is 0.318. The highest BCUT2D eigenvalue weighted by Crippen LogP contribution is 2.46. The summed E-state index contributed by atoms with van der Waals surface area (Å²) in [6.45, 7) is 3.24. The first kappa shape index (κ1) is 14.5. The van der Waals surface area contributed by atoms with Gasteiger partial charge in [-0.1, -0.05) is 24.4 Å². The van der Waals surface area contributed by atoms with Gasteiger partial charge < -0.3 is 15.2 Å². The topological polar surface area (TPSA) is 44.5 Å². The van der Waals surface area contributed by atoms with Crippen molar-refractivity contribution in [3.63, 3.8) is 0 Å². The molecule has 0 saturated heterocycles. The van der Waals surface area contributed by atoms with E-state index in [0.29, 0.717) is 23.9 Å². The van der Waals surface area contributed by atoms with Crippen molar-refractivity contribution in [3.8, 4) is 11.5 Å². The quantitative estimate of drug-likeness (QED) is 0.899. The minimum atomic E-state index is 0.0143. The van der Waals surface area contributed by atoms with E-state index in [1.54, 1.807) is 7.11 Å². The molecular weight excluding hydrogens is 262 g/mol. The van der Waals surface area contributed by atoms with E-state index < -0.39 is 0 Å². The van der Waals surface area contributed by atoms with Crippen LogP contribution < -0.4 is 15.2 Å². The van der Waals surface area contributed by atoms with Crippen LogP contribution in [0.25, 0.3) is 0 Å². The Kier molecular flexibility index (Phi) is 4.58. The molecule has 0 amide bonds. The van der Waals surface area contributed by atoms with Crippen molar-refractivity contribution in [3.05, 3.63) is 22.7 Å². The Morgan fingerprint density at radius 2 is 1.95 bits per heavy atom. The Labute approximate surface area is 120 Å². The first-order valence-corrected chi connectivity index (χ1v) is 7.25. The summed E-state index contributed by atoms with van der Waals surface area (Å²) >= 11 is 6.28. The van der Waals surface area contributed by atoms with Gasteiger partial charge in [-0.05, 0) is 25.8 Å². The molecule has 0 bridgehead atoms. The smallest absolute Gasteiger partial charge is 0.141 e. The monoisotopic (exact) mass is 283 g/mol. The number of nitrogens with two attached hydrogens (primary N) is 1. The van der Waals surface area contributed by atoms with Gasteiger partial charge in [0.05, 0.1) is 18.7 Å². The zero-order valence-corrected chi connectivity index (χ0v) is 12.4. The third-order valence-electron chi connectivity index (χ3n) is 4.08. The van der Waals surface area contributed by atoms with Crippen molar-refractivity contribution >= 4 is 11.6 Å². The average molecular weight is 284 g/mol. The molecule has 1 aliphatic carbocycles. The molecule has 0 radical (unpaired) electrons. The molecule has 0 heterocycles. The van der Waals surface area contributed by atoms with Gasteiger partial charge >= 0.3 is 0 Å². The molecule has 1 fully saturated rings. The van der Waals surface area contributed by atoms with Crippen molar-refractivity contribution in [2.45, 2.75) is 38.0 Å². The van der Waals surface area contributed by atoms with Crippen LogP contribution in [0.4, 0.5) is 0 Å². The van der Waals surface area contributed by atoms with E-state index in [1.165, 1.54) is 12.8 Å². The summed E-state index contributed by atoms with van der Waals surface area (Å²) in [5.74, 6) is 1.51. The van der Waals surface area contributed by atoms with E-state index in [0.717, 1.165) is 24.2 Å². The predicted molar refractivity (Wildman–Crippen MR) is 78.4 cm³/mol. The molecule has 1 saturated carbocycles. The molecule has 0 aliphatic heterocycles. The van der Waals surface area contributed by atoms with Crippen LogP contribution in [0, 0.1) is 0 Å². The lowest BCUT2D eigenvalue weighted by Crippen LogP contribution is -2.32. The molecule has 106 valence electrons. The van der Waals surface area contributed by atoms with Crippen molar-refractivity contribution in [1.82, 2.24) is 0 Å². The molecule has 19 heavy (non-hydrogen) atoms. The molecule has 3 nitrogen and oxygen atoms in total. The van der Waals surface area contributed by atoms with Crippen LogP contribution in [0.2, 0.25) is 5.02 Å². The maximum Gasteiger partial charge on any atom is 0.141 e. The minimum Gasteiger partial charge on any atom is -0.495 e. The zero-order valence-electron chi connectivity index (χ0n) is 11.7. The highest BCUT2D eigenvalue weighted by Gasteiger charge is 2.37. The standard InChI is InChI=1S/C15H22ClNO2/c1-3-19-13-9-14(18-2)12(16)8-11(13)15(10-17)6-4-5-7-15/h8-9H,3-7,10,17H2,1-2H3. The van der Waals surface area contributed by atoms with Gasteiger partial charge in [0.1, 0.15) is 11.5 Å². The largest absolute Gasteiger partial charge is 0.495 e. The highest BCUT2D eigenvalue weighted by molar-refractivity contribution is 6.32. The van der Waals surface area contributed by atoms with Gasteiger partial charge in [0.15, 0.2) is 0 Å². The molecule has 1 aromatic rings. The molecule has 0 aromatic heterocycles. The maximum atomic E-state index is 6.28. The molecule has 2 rings (SSSR count). The third kappa shape index (κ3) is 2.67. The molecule has 0 spiro atoms. The second-order valence-electron chi connectivity index (χ2n) is 5.11. The fraction of sp³-hybridized carbons (Fsp3) is 0.600. The number of benzene rings is 1. The van der Waals surface area contributed by atoms with Crippen LogP contribution in [0.3, 0.4) is 0 Å². The van der Waals surface area contributed by atoms with Crippen LogP contribution >= 0.6 is 11.6 Å². The summed E-state index contributed by atoms with van der Waals surface area (Å²) in [6.07, 6.45) is 4.64. The molecule has 4 heteroatoms. The van der Waals surface area contributed by atoms with E-state index in [-0.39, 0.29) is 5.41 Å². The van der Waals surface area contributed by atoms with E-state index in [1.807, 2.05) is 19.1 Å². The van der Waals surface area contributed by atoms with Crippen molar-refractivity contribution in [1.29, 1.82) is 0 Å². The number of methoxy groups -OCH3 is 1. The lowest BCUT2D eigenvalue weighted by Gasteiger charge is -2.30. The normalized spacial score (nSPS) is 17.5. The first-order chi connectivity index (χ1) is 9.16. The van der Waals surface area contributed by atoms with Crippen molar-refractivity contribution in [2.75, 3.05) is 20.3 Å². The van der Waals surface area contributed by atoms with E-state index in [2.05, 4.69) is 0 Å². The third-order valence-corrected chi connectivity index (χ3v) is 4.37. The number of ether oxygens (including phenoxy) is 2. The predicted octanol–water partition coefficient (Wildman–Crippen LogP) is 3.52. The second-order valence-corrected chi connectivity index (χ2v) is 5.51. The van der Waals surface area contributed by atoms with Crippen molar-refractivity contribution in [2.24, 2.45) is 5.73 Å². The van der Waals surface area contributed by atoms with Crippen LogP contribution in [0.1, 0.15) is 38.2 Å². The number of halogens is 1. The van der Waals surface area contributed by atoms with Gasteiger partial charge in [-0.15, -0.1) is 0 Å². The Bertz CT molecular complexity index is 442. The molecular formula is C15H22ClNO2. The second kappa shape index (κ2) is 6.02. The van der Waals surface area contributed by atoms with Gasteiger partial charge in [-0.2, -0.15) is 0 Å². The van der Waals surface area contributed by atoms with Gasteiger partial charge in [0.25, 0.3) is 0 Å². The zero-order chi connectivity index (χ0) is 13.9. The molecule has 2 N–H and O–H groups in total. The summed E-state index contributed by atoms with van der Waals surface area (Å²) in [5, 5.41) is 0.626. The van der Waals surface area contributed by atoms with Crippen LogP contribution in [0.15, 0.2) is 12.1 Å². The lowest BCUT2D eigenvalue weighted by atomic mass is 9.78. The van der Waals surface area contributed by atoms with Gasteiger partial charge in [-0.3, -0.25) is 0 Å². The summed E-state index contributed by atoms with van der Waals surface area (Å²) in [4.78, 5) is 0. The van der Waals surface area contributed by atoms with Crippen LogP contribution in [0.5, 0.6) is 11.5 Å². The number of hydrogen-bond donors (Lipinski definition) is 1. The molecule has 1 aromatic carbocycles. The van der Waals surface area contributed by atoms with E-state index in [9.17, 15) is 0 Å². The van der Waals surface area contributed by atoms with Crippen molar-refractivity contribution < 1.29 is 9.47 Å². The Morgan fingerprint density at radius 3 is 2.47 bits per heavy atom. The number of rotatable bonds is 5. The van der Waals surface area contributed by atoms with Crippen LogP contribution in [-0.2, 0) is 5.41 Å². The highest BCUT2D eigenvalue weighted by atomic mass is 35.5. The maximum absolute atomic E-state index is 6.28. The van der Waals surface area contributed by atoms with Gasteiger partial charge in [0.2, 0.25) is 0 Å². The molecule has 0 atom stereocenters. The fourth-order valence-corrected chi connectivity index (χ4v) is 3.26. The molecule has 0 unspecified atom stereocenters. The summed E-state index contributed by atoms with van der Waals surface area (Å²) in [5.41, 5.74) is 7.21. The Morgan fingerprint density at radius 1 is 1.26 bits per heavy atom. The van der Waals surface area contributed by atoms with Gasteiger partial charge in [-0.25, -0.2) is 0 Å². The average Bonchev–Trinajstić information content (AvgIpc) is 2.90. The minimum absolute atomic E-state index is 0.0143. The Hall–Kier alpha value is -0.930.